The number of hydrogen-bond acceptors (Lipinski definition) is 7. The molecule has 2 heterocycles. The van der Waals surface area contributed by atoms with Crippen LogP contribution in [0.25, 0.3) is 0 Å². The van der Waals surface area contributed by atoms with Crippen molar-refractivity contribution in [3.05, 3.63) is 51.9 Å². The molecule has 2 aromatic heterocycles. The van der Waals surface area contributed by atoms with Gasteiger partial charge in [0.1, 0.15) is 29.1 Å². The minimum absolute atomic E-state index is 0.0103. The van der Waals surface area contributed by atoms with E-state index in [0.29, 0.717) is 12.1 Å². The van der Waals surface area contributed by atoms with E-state index in [1.165, 1.54) is 6.20 Å². The first-order valence-electron chi connectivity index (χ1n) is 9.64. The van der Waals surface area contributed by atoms with E-state index in [9.17, 15) is 4.79 Å². The van der Waals surface area contributed by atoms with E-state index in [4.69, 9.17) is 10.00 Å². The van der Waals surface area contributed by atoms with Gasteiger partial charge in [0, 0.05) is 35.7 Å². The molecular weight excluding hydrogens is 386 g/mol. The second-order valence-corrected chi connectivity index (χ2v) is 7.90. The Morgan fingerprint density at radius 1 is 1.48 bits per heavy atom. The molecule has 0 spiro atoms. The van der Waals surface area contributed by atoms with E-state index in [-0.39, 0.29) is 12.5 Å². The Hall–Kier alpha value is -2.76. The lowest BCUT2D eigenvalue weighted by Gasteiger charge is -2.39. The van der Waals surface area contributed by atoms with Crippen LogP contribution in [-0.4, -0.2) is 29.0 Å². The zero-order chi connectivity index (χ0) is 20.9. The number of carbonyl (C=O) groups is 1. The van der Waals surface area contributed by atoms with Gasteiger partial charge in [0.2, 0.25) is 5.91 Å². The Kier molecular flexibility index (Phi) is 6.62. The summed E-state index contributed by atoms with van der Waals surface area (Å²) in [6, 6.07) is 5.58. The van der Waals surface area contributed by atoms with Crippen LogP contribution in [0.15, 0.2) is 35.6 Å². The van der Waals surface area contributed by atoms with Crippen molar-refractivity contribution < 1.29 is 9.53 Å². The molecule has 0 aromatic carbocycles. The smallest absolute Gasteiger partial charge is 0.250 e. The zero-order valence-corrected chi connectivity index (χ0v) is 17.8. The van der Waals surface area contributed by atoms with Gasteiger partial charge < -0.3 is 15.0 Å². The van der Waals surface area contributed by atoms with E-state index in [0.717, 1.165) is 41.5 Å². The van der Waals surface area contributed by atoms with Crippen LogP contribution in [0.4, 0.5) is 5.82 Å². The van der Waals surface area contributed by atoms with Crippen LogP contribution in [-0.2, 0) is 15.1 Å². The van der Waals surface area contributed by atoms with Gasteiger partial charge in [-0.25, -0.2) is 9.97 Å². The molecule has 1 aliphatic rings. The lowest BCUT2D eigenvalue weighted by Crippen LogP contribution is -2.40. The highest BCUT2D eigenvalue weighted by atomic mass is 32.1. The first-order valence-corrected chi connectivity index (χ1v) is 10.5. The number of nitrogens with zero attached hydrogens (tertiary/aromatic N) is 4. The molecular formula is C21H25N5O2S. The van der Waals surface area contributed by atoms with Gasteiger partial charge in [0.05, 0.1) is 5.56 Å². The van der Waals surface area contributed by atoms with E-state index >= 15 is 0 Å². The quantitative estimate of drug-likeness (QED) is 0.713. The molecule has 29 heavy (non-hydrogen) atoms. The van der Waals surface area contributed by atoms with Gasteiger partial charge in [0.15, 0.2) is 0 Å². The van der Waals surface area contributed by atoms with E-state index in [2.05, 4.69) is 21.4 Å². The first kappa shape index (κ1) is 21.0. The number of allylic oxidation sites excluding steroid dienone is 1. The molecule has 1 amide bonds. The third kappa shape index (κ3) is 4.81. The summed E-state index contributed by atoms with van der Waals surface area (Å²) in [4.78, 5) is 23.2. The van der Waals surface area contributed by atoms with Crippen molar-refractivity contribution in [1.29, 1.82) is 5.26 Å². The molecule has 8 heteroatoms. The van der Waals surface area contributed by atoms with Gasteiger partial charge in [-0.15, -0.1) is 11.3 Å². The third-order valence-corrected chi connectivity index (χ3v) is 6.13. The number of aryl methyl sites for hydroxylation is 1. The molecule has 0 aliphatic heterocycles. The average molecular weight is 412 g/mol. The van der Waals surface area contributed by atoms with Crippen molar-refractivity contribution in [2.75, 3.05) is 18.1 Å². The van der Waals surface area contributed by atoms with E-state index in [1.807, 2.05) is 31.1 Å². The predicted molar refractivity (Wildman–Crippen MR) is 112 cm³/mol. The van der Waals surface area contributed by atoms with Crippen molar-refractivity contribution in [1.82, 2.24) is 15.3 Å². The van der Waals surface area contributed by atoms with Gasteiger partial charge in [-0.05, 0) is 52.2 Å². The van der Waals surface area contributed by atoms with Crippen LogP contribution < -0.4 is 10.2 Å². The minimum atomic E-state index is -0.406. The summed E-state index contributed by atoms with van der Waals surface area (Å²) < 4.78 is 6.01. The predicted octanol–water partition coefficient (Wildman–Crippen LogP) is 3.62. The molecule has 1 aliphatic carbocycles. The number of nitrogens with one attached hydrogen (secondary N) is 1. The standard InChI is InChI=1S/C21H25N5O2S/c1-4-26(18-7-6-17(10-22)12-23-18)16(3)11-24-19(27)13-28-21(8-5-9-21)20-25-15(2)14-29-20/h6-7,11-12,14H,4-5,8-9,13H2,1-3H3,(H,24,27)/b16-11+. The van der Waals surface area contributed by atoms with Gasteiger partial charge >= 0.3 is 0 Å². The van der Waals surface area contributed by atoms with Crippen LogP contribution in [0.1, 0.15) is 49.4 Å². The van der Waals surface area contributed by atoms with Crippen LogP contribution in [0, 0.1) is 18.3 Å². The van der Waals surface area contributed by atoms with Crippen LogP contribution in [0.3, 0.4) is 0 Å². The van der Waals surface area contributed by atoms with Crippen molar-refractivity contribution in [3.63, 3.8) is 0 Å². The second kappa shape index (κ2) is 9.16. The van der Waals surface area contributed by atoms with E-state index < -0.39 is 5.60 Å². The summed E-state index contributed by atoms with van der Waals surface area (Å²) in [5.74, 6) is 0.519. The molecule has 152 valence electrons. The molecule has 0 radical (unpaired) electrons. The van der Waals surface area contributed by atoms with Gasteiger partial charge in [-0.3, -0.25) is 4.79 Å². The fraction of sp³-hybridized carbons (Fsp3) is 0.429. The monoisotopic (exact) mass is 411 g/mol. The number of pyridine rings is 1. The fourth-order valence-electron chi connectivity index (χ4n) is 3.19. The molecule has 0 saturated heterocycles. The average Bonchev–Trinajstić information content (AvgIpc) is 3.13. The lowest BCUT2D eigenvalue weighted by molar-refractivity contribution is -0.143. The van der Waals surface area contributed by atoms with Gasteiger partial charge in [0.25, 0.3) is 0 Å². The maximum atomic E-state index is 12.3. The molecule has 0 bridgehead atoms. The Bertz CT molecular complexity index is 925. The Labute approximate surface area is 175 Å². The summed E-state index contributed by atoms with van der Waals surface area (Å²) in [5, 5.41) is 14.7. The molecule has 1 saturated carbocycles. The molecule has 7 nitrogen and oxygen atoms in total. The topological polar surface area (TPSA) is 91.1 Å². The summed E-state index contributed by atoms with van der Waals surface area (Å²) in [5.41, 5.74) is 1.93. The number of rotatable bonds is 8. The van der Waals surface area contributed by atoms with Crippen molar-refractivity contribution in [2.45, 2.75) is 45.6 Å². The molecule has 0 unspecified atom stereocenters. The molecule has 0 atom stereocenters. The Morgan fingerprint density at radius 3 is 2.79 bits per heavy atom. The van der Waals surface area contributed by atoms with Crippen molar-refractivity contribution in [3.8, 4) is 6.07 Å². The summed E-state index contributed by atoms with van der Waals surface area (Å²) in [6.45, 7) is 6.54. The number of amides is 1. The molecule has 1 fully saturated rings. The number of hydrogen-bond donors (Lipinski definition) is 1. The Balaban J connectivity index is 1.58. The number of aromatic nitrogens is 2. The van der Waals surface area contributed by atoms with Gasteiger partial charge in [-0.1, -0.05) is 0 Å². The number of nitriles is 1. The lowest BCUT2D eigenvalue weighted by atomic mass is 9.80. The first-order chi connectivity index (χ1) is 14.0. The number of carbonyl (C=O) groups excluding carboxylic acids is 1. The summed E-state index contributed by atoms with van der Waals surface area (Å²) in [6.07, 6.45) is 6.08. The number of ether oxygens (including phenoxy) is 1. The summed E-state index contributed by atoms with van der Waals surface area (Å²) in [7, 11) is 0. The maximum absolute atomic E-state index is 12.3. The summed E-state index contributed by atoms with van der Waals surface area (Å²) >= 11 is 1.60. The molecule has 2 aromatic rings. The van der Waals surface area contributed by atoms with Crippen molar-refractivity contribution in [2.24, 2.45) is 0 Å². The van der Waals surface area contributed by atoms with Crippen LogP contribution in [0.5, 0.6) is 0 Å². The second-order valence-electron chi connectivity index (χ2n) is 7.04. The number of anilines is 1. The Morgan fingerprint density at radius 2 is 2.28 bits per heavy atom. The van der Waals surface area contributed by atoms with Gasteiger partial charge in [-0.2, -0.15) is 5.26 Å². The maximum Gasteiger partial charge on any atom is 0.250 e. The molecule has 1 N–H and O–H groups in total. The number of thiazole rings is 1. The SMILES string of the molecule is CCN(/C(C)=C/NC(=O)COC1(c2nc(C)cs2)CCC1)c1ccc(C#N)cn1. The normalized spacial score (nSPS) is 15.3. The van der Waals surface area contributed by atoms with E-state index in [1.54, 1.807) is 29.7 Å². The molecule has 3 rings (SSSR count). The highest BCUT2D eigenvalue weighted by molar-refractivity contribution is 7.09. The zero-order valence-electron chi connectivity index (χ0n) is 16.9. The third-order valence-electron chi connectivity index (χ3n) is 4.99. The van der Waals surface area contributed by atoms with Crippen LogP contribution in [0.2, 0.25) is 0 Å². The highest BCUT2D eigenvalue weighted by Crippen LogP contribution is 2.45. The largest absolute Gasteiger partial charge is 0.358 e. The van der Waals surface area contributed by atoms with Crippen LogP contribution >= 0.6 is 11.3 Å². The highest BCUT2D eigenvalue weighted by Gasteiger charge is 2.42. The van der Waals surface area contributed by atoms with Crippen molar-refractivity contribution >= 4 is 23.1 Å². The minimum Gasteiger partial charge on any atom is -0.358 e. The fourth-order valence-corrected chi connectivity index (χ4v) is 4.20.